The van der Waals surface area contributed by atoms with Crippen LogP contribution in [0.3, 0.4) is 0 Å². The summed E-state index contributed by atoms with van der Waals surface area (Å²) in [5, 5.41) is 6.08. The highest BCUT2D eigenvalue weighted by Crippen LogP contribution is 2.08. The number of hydrogen-bond acceptors (Lipinski definition) is 2. The molecular weight excluding hydrogens is 360 g/mol. The largest absolute Gasteiger partial charge is 0.356 e. The van der Waals surface area contributed by atoms with E-state index in [1.165, 1.54) is 70.6 Å². The minimum Gasteiger partial charge on any atom is -0.356 e. The Morgan fingerprint density at radius 1 is 0.448 bits per heavy atom. The predicted molar refractivity (Wildman–Crippen MR) is 125 cm³/mol. The van der Waals surface area contributed by atoms with Crippen LogP contribution in [0, 0.1) is 0 Å². The van der Waals surface area contributed by atoms with Crippen molar-refractivity contribution < 1.29 is 9.59 Å². The maximum absolute atomic E-state index is 11.8. The van der Waals surface area contributed by atoms with E-state index >= 15 is 0 Å². The average molecular weight is 411 g/mol. The molecule has 0 aromatic carbocycles. The van der Waals surface area contributed by atoms with Crippen LogP contribution in [0.1, 0.15) is 136 Å². The van der Waals surface area contributed by atoms with Gasteiger partial charge in [0.1, 0.15) is 0 Å². The van der Waals surface area contributed by atoms with E-state index in [9.17, 15) is 9.59 Å². The van der Waals surface area contributed by atoms with Gasteiger partial charge < -0.3 is 10.6 Å². The van der Waals surface area contributed by atoms with Crippen LogP contribution in [0.4, 0.5) is 0 Å². The van der Waals surface area contributed by atoms with Crippen LogP contribution in [-0.2, 0) is 9.59 Å². The third-order valence-electron chi connectivity index (χ3n) is 5.51. The topological polar surface area (TPSA) is 58.2 Å². The molecule has 2 N–H and O–H groups in total. The quantitative estimate of drug-likeness (QED) is 0.196. The lowest BCUT2D eigenvalue weighted by Crippen LogP contribution is -2.24. The lowest BCUT2D eigenvalue weighted by molar-refractivity contribution is -0.122. The Morgan fingerprint density at radius 2 is 0.759 bits per heavy atom. The van der Waals surface area contributed by atoms with Gasteiger partial charge in [0.05, 0.1) is 0 Å². The van der Waals surface area contributed by atoms with Crippen LogP contribution in [0.25, 0.3) is 0 Å². The van der Waals surface area contributed by atoms with Gasteiger partial charge in [0, 0.05) is 25.9 Å². The van der Waals surface area contributed by atoms with E-state index in [2.05, 4.69) is 24.5 Å². The summed E-state index contributed by atoms with van der Waals surface area (Å²) in [7, 11) is 0. The minimum atomic E-state index is 0.216. The van der Waals surface area contributed by atoms with Crippen LogP contribution in [-0.4, -0.2) is 24.9 Å². The van der Waals surface area contributed by atoms with Gasteiger partial charge in [0.2, 0.25) is 11.8 Å². The van der Waals surface area contributed by atoms with Crippen molar-refractivity contribution in [2.45, 2.75) is 136 Å². The van der Waals surface area contributed by atoms with E-state index < -0.39 is 0 Å². The molecule has 0 heterocycles. The van der Waals surface area contributed by atoms with E-state index in [4.69, 9.17) is 0 Å². The van der Waals surface area contributed by atoms with E-state index in [0.717, 1.165) is 51.6 Å². The van der Waals surface area contributed by atoms with Gasteiger partial charge in [-0.05, 0) is 25.7 Å². The number of unbranched alkanes of at least 4 members (excludes halogenated alkanes) is 14. The Labute approximate surface area is 181 Å². The summed E-state index contributed by atoms with van der Waals surface area (Å²) < 4.78 is 0. The molecule has 0 aromatic rings. The first-order chi connectivity index (χ1) is 14.2. The SMILES string of the molecule is CCCCCCCCC(=O)NCCCCCCCNC(=O)CCCCCCCC. The van der Waals surface area contributed by atoms with Gasteiger partial charge in [-0.1, -0.05) is 97.3 Å². The third kappa shape index (κ3) is 23.1. The molecule has 0 fully saturated rings. The zero-order valence-electron chi connectivity index (χ0n) is 19.7. The fourth-order valence-corrected chi connectivity index (χ4v) is 3.54. The molecule has 172 valence electrons. The minimum absolute atomic E-state index is 0.216. The average Bonchev–Trinajstić information content (AvgIpc) is 2.71. The predicted octanol–water partition coefficient (Wildman–Crippen LogP) is 6.67. The van der Waals surface area contributed by atoms with Crippen LogP contribution < -0.4 is 10.6 Å². The summed E-state index contributed by atoms with van der Waals surface area (Å²) in [5.74, 6) is 0.433. The van der Waals surface area contributed by atoms with Crippen molar-refractivity contribution in [1.29, 1.82) is 0 Å². The molecule has 0 rings (SSSR count). The molecule has 4 nitrogen and oxygen atoms in total. The zero-order chi connectivity index (χ0) is 21.4. The molecule has 0 aliphatic heterocycles. The lowest BCUT2D eigenvalue weighted by atomic mass is 10.1. The molecule has 29 heavy (non-hydrogen) atoms. The summed E-state index contributed by atoms with van der Waals surface area (Å²) in [6, 6.07) is 0. The number of carbonyl (C=O) groups is 2. The monoisotopic (exact) mass is 410 g/mol. The Kier molecular flexibility index (Phi) is 22.4. The Morgan fingerprint density at radius 3 is 1.14 bits per heavy atom. The molecule has 2 amide bonds. The van der Waals surface area contributed by atoms with Gasteiger partial charge in [-0.25, -0.2) is 0 Å². The molecule has 0 aliphatic rings. The number of rotatable bonds is 22. The van der Waals surface area contributed by atoms with E-state index in [-0.39, 0.29) is 11.8 Å². The van der Waals surface area contributed by atoms with Crippen LogP contribution in [0.2, 0.25) is 0 Å². The van der Waals surface area contributed by atoms with Crippen molar-refractivity contribution in [1.82, 2.24) is 10.6 Å². The second-order valence-corrected chi connectivity index (χ2v) is 8.50. The Bertz CT molecular complexity index is 338. The molecule has 0 bridgehead atoms. The fraction of sp³-hybridized carbons (Fsp3) is 0.920. The van der Waals surface area contributed by atoms with Crippen molar-refractivity contribution in [3.63, 3.8) is 0 Å². The number of hydrogen-bond donors (Lipinski definition) is 2. The maximum Gasteiger partial charge on any atom is 0.219 e. The molecule has 0 saturated heterocycles. The summed E-state index contributed by atoms with van der Waals surface area (Å²) >= 11 is 0. The van der Waals surface area contributed by atoms with Crippen LogP contribution in [0.15, 0.2) is 0 Å². The first kappa shape index (κ1) is 27.9. The lowest BCUT2D eigenvalue weighted by Gasteiger charge is -2.07. The molecule has 0 spiro atoms. The number of nitrogens with one attached hydrogen (secondary N) is 2. The standard InChI is InChI=1S/C25H50N2O2/c1-3-5-7-9-12-16-20-24(28)26-22-18-14-11-15-19-23-27-25(29)21-17-13-10-8-6-4-2/h3-23H2,1-2H3,(H,26,28)(H,27,29). The molecule has 0 aromatic heterocycles. The molecule has 0 radical (unpaired) electrons. The van der Waals surface area contributed by atoms with Crippen molar-refractivity contribution in [3.05, 3.63) is 0 Å². The molecule has 4 heteroatoms. The molecule has 0 saturated carbocycles. The van der Waals surface area contributed by atoms with Crippen LogP contribution >= 0.6 is 0 Å². The van der Waals surface area contributed by atoms with Gasteiger partial charge in [-0.2, -0.15) is 0 Å². The van der Waals surface area contributed by atoms with Crippen LogP contribution in [0.5, 0.6) is 0 Å². The van der Waals surface area contributed by atoms with Crippen molar-refractivity contribution >= 4 is 11.8 Å². The third-order valence-corrected chi connectivity index (χ3v) is 5.51. The Balaban J connectivity index is 3.24. The maximum atomic E-state index is 11.8. The Hall–Kier alpha value is -1.06. The normalized spacial score (nSPS) is 10.8. The van der Waals surface area contributed by atoms with Gasteiger partial charge in [-0.3, -0.25) is 9.59 Å². The van der Waals surface area contributed by atoms with Gasteiger partial charge in [0.15, 0.2) is 0 Å². The first-order valence-corrected chi connectivity index (χ1v) is 12.7. The first-order valence-electron chi connectivity index (χ1n) is 12.7. The zero-order valence-corrected chi connectivity index (χ0v) is 19.7. The fourth-order valence-electron chi connectivity index (χ4n) is 3.54. The summed E-state index contributed by atoms with van der Waals surface area (Å²) in [4.78, 5) is 23.5. The van der Waals surface area contributed by atoms with E-state index in [1.54, 1.807) is 0 Å². The van der Waals surface area contributed by atoms with Gasteiger partial charge >= 0.3 is 0 Å². The molecule has 0 unspecified atom stereocenters. The number of carbonyl (C=O) groups excluding carboxylic acids is 2. The van der Waals surface area contributed by atoms with E-state index in [0.29, 0.717) is 12.8 Å². The number of amides is 2. The molecule has 0 aliphatic carbocycles. The summed E-state index contributed by atoms with van der Waals surface area (Å²) in [5.41, 5.74) is 0. The van der Waals surface area contributed by atoms with Gasteiger partial charge in [-0.15, -0.1) is 0 Å². The molecule has 0 atom stereocenters. The van der Waals surface area contributed by atoms with Gasteiger partial charge in [0.25, 0.3) is 0 Å². The highest BCUT2D eigenvalue weighted by Gasteiger charge is 2.02. The van der Waals surface area contributed by atoms with Crippen molar-refractivity contribution in [2.24, 2.45) is 0 Å². The second-order valence-electron chi connectivity index (χ2n) is 8.50. The van der Waals surface area contributed by atoms with E-state index in [1.807, 2.05) is 0 Å². The van der Waals surface area contributed by atoms with Crippen molar-refractivity contribution in [2.75, 3.05) is 13.1 Å². The van der Waals surface area contributed by atoms with Crippen molar-refractivity contribution in [3.8, 4) is 0 Å². The molecular formula is C25H50N2O2. The second kappa shape index (κ2) is 23.2. The highest BCUT2D eigenvalue weighted by molar-refractivity contribution is 5.76. The smallest absolute Gasteiger partial charge is 0.219 e. The highest BCUT2D eigenvalue weighted by atomic mass is 16.2. The summed E-state index contributed by atoms with van der Waals surface area (Å²) in [6.45, 7) is 6.07. The summed E-state index contributed by atoms with van der Waals surface area (Å²) in [6.07, 6.45) is 21.7.